The summed E-state index contributed by atoms with van der Waals surface area (Å²) in [6, 6.07) is 0.590. The van der Waals surface area contributed by atoms with Crippen LogP contribution in [0.1, 0.15) is 24.6 Å². The molecule has 80 valence electrons. The molecule has 5 heteroatoms. The molecule has 0 atom stereocenters. The van der Waals surface area contributed by atoms with Crippen molar-refractivity contribution in [1.29, 1.82) is 0 Å². The number of nitrogens with one attached hydrogen (secondary N) is 1. The first-order valence-electron chi connectivity index (χ1n) is 4.69. The van der Waals surface area contributed by atoms with E-state index < -0.39 is 0 Å². The molecule has 1 aromatic heterocycles. The van der Waals surface area contributed by atoms with Crippen LogP contribution in [0.4, 0.5) is 0 Å². The number of hydrogen-bond acceptors (Lipinski definition) is 2. The molecule has 14 heavy (non-hydrogen) atoms. The Morgan fingerprint density at radius 2 is 2.14 bits per heavy atom. The maximum absolute atomic E-state index is 4.38. The Balaban J connectivity index is 0.000000980. The van der Waals surface area contributed by atoms with Crippen LogP contribution in [0.5, 0.6) is 0 Å². The smallest absolute Gasteiger partial charge is 0.0635 e. The van der Waals surface area contributed by atoms with E-state index in [0.29, 0.717) is 6.04 Å². The zero-order valence-corrected chi connectivity index (χ0v) is 10.6. The van der Waals surface area contributed by atoms with E-state index in [9.17, 15) is 0 Å². The van der Waals surface area contributed by atoms with Crippen molar-refractivity contribution < 1.29 is 0 Å². The highest BCUT2D eigenvalue weighted by Crippen LogP contribution is 2.23. The van der Waals surface area contributed by atoms with Crippen LogP contribution < -0.4 is 5.32 Å². The molecule has 0 aliphatic carbocycles. The third-order valence-electron chi connectivity index (χ3n) is 2.64. The molecular weight excluding hydrogens is 265 g/mol. The predicted octanol–water partition coefficient (Wildman–Crippen LogP) is 2.30. The van der Waals surface area contributed by atoms with Crippen LogP contribution in [-0.2, 0) is 0 Å². The van der Waals surface area contributed by atoms with Gasteiger partial charge in [0.2, 0.25) is 0 Å². The fourth-order valence-corrected chi connectivity index (χ4v) is 2.09. The van der Waals surface area contributed by atoms with E-state index in [-0.39, 0.29) is 12.4 Å². The van der Waals surface area contributed by atoms with Gasteiger partial charge in [0.05, 0.1) is 16.7 Å². The van der Waals surface area contributed by atoms with Gasteiger partial charge in [-0.15, -0.1) is 12.4 Å². The van der Waals surface area contributed by atoms with Crippen LogP contribution in [0.3, 0.4) is 0 Å². The van der Waals surface area contributed by atoms with Gasteiger partial charge >= 0.3 is 0 Å². The lowest BCUT2D eigenvalue weighted by Crippen LogP contribution is -2.30. The number of rotatable bonds is 1. The second-order valence-corrected chi connectivity index (χ2v) is 4.36. The molecule has 0 spiro atoms. The summed E-state index contributed by atoms with van der Waals surface area (Å²) in [6.45, 7) is 4.34. The summed E-state index contributed by atoms with van der Waals surface area (Å²) in [4.78, 5) is 0. The molecule has 0 aromatic carbocycles. The molecule has 1 aliphatic heterocycles. The van der Waals surface area contributed by atoms with Gasteiger partial charge in [-0.1, -0.05) is 0 Å². The van der Waals surface area contributed by atoms with E-state index in [1.165, 1.54) is 18.5 Å². The second kappa shape index (κ2) is 5.14. The fraction of sp³-hybridized carbons (Fsp3) is 0.667. The monoisotopic (exact) mass is 279 g/mol. The molecule has 1 saturated heterocycles. The van der Waals surface area contributed by atoms with E-state index in [1.54, 1.807) is 0 Å². The van der Waals surface area contributed by atoms with E-state index in [2.05, 4.69) is 38.0 Å². The molecule has 0 radical (unpaired) electrons. The van der Waals surface area contributed by atoms with Crippen molar-refractivity contribution in [3.8, 4) is 0 Å². The molecular formula is C9H15BrClN3. The predicted molar refractivity (Wildman–Crippen MR) is 63.1 cm³/mol. The minimum atomic E-state index is 0. The van der Waals surface area contributed by atoms with Gasteiger partial charge in [0.1, 0.15) is 0 Å². The molecule has 1 N–H and O–H groups in total. The Bertz CT molecular complexity index is 294. The van der Waals surface area contributed by atoms with Gasteiger partial charge in [0, 0.05) is 5.69 Å². The molecule has 0 unspecified atom stereocenters. The normalized spacial score (nSPS) is 17.9. The maximum atomic E-state index is 4.38. The summed E-state index contributed by atoms with van der Waals surface area (Å²) >= 11 is 3.48. The van der Waals surface area contributed by atoms with Crippen LogP contribution in [0.15, 0.2) is 10.7 Å². The summed E-state index contributed by atoms with van der Waals surface area (Å²) in [7, 11) is 0. The third-order valence-corrected chi connectivity index (χ3v) is 3.42. The molecule has 0 saturated carbocycles. The van der Waals surface area contributed by atoms with Gasteiger partial charge in [-0.05, 0) is 48.8 Å². The molecule has 0 amide bonds. The van der Waals surface area contributed by atoms with Crippen molar-refractivity contribution in [2.24, 2.45) is 0 Å². The number of hydrogen-bond donors (Lipinski definition) is 1. The first-order chi connectivity index (χ1) is 6.29. The highest BCUT2D eigenvalue weighted by atomic mass is 79.9. The maximum Gasteiger partial charge on any atom is 0.0635 e. The Morgan fingerprint density at radius 1 is 1.50 bits per heavy atom. The second-order valence-electron chi connectivity index (χ2n) is 3.50. The van der Waals surface area contributed by atoms with Gasteiger partial charge in [-0.2, -0.15) is 5.10 Å². The van der Waals surface area contributed by atoms with Crippen molar-refractivity contribution in [2.75, 3.05) is 13.1 Å². The first-order valence-corrected chi connectivity index (χ1v) is 5.48. The molecule has 1 fully saturated rings. The average Bonchev–Trinajstić information content (AvgIpc) is 2.49. The van der Waals surface area contributed by atoms with Crippen LogP contribution >= 0.6 is 28.3 Å². The number of nitrogens with zero attached hydrogens (tertiary/aromatic N) is 2. The quantitative estimate of drug-likeness (QED) is 0.855. The van der Waals surface area contributed by atoms with E-state index in [1.807, 2.05) is 6.20 Å². The van der Waals surface area contributed by atoms with Crippen LogP contribution in [0.25, 0.3) is 0 Å². The molecule has 2 heterocycles. The van der Waals surface area contributed by atoms with Crippen molar-refractivity contribution in [1.82, 2.24) is 15.1 Å². The first kappa shape index (κ1) is 12.0. The standard InChI is InChI=1S/C9H14BrN3.ClH/c1-7-9(10)6-12-13(7)8-2-4-11-5-3-8;/h6,8,11H,2-5H2,1H3;1H. The van der Waals surface area contributed by atoms with Crippen molar-refractivity contribution in [2.45, 2.75) is 25.8 Å². The zero-order chi connectivity index (χ0) is 9.26. The lowest BCUT2D eigenvalue weighted by atomic mass is 10.1. The van der Waals surface area contributed by atoms with Crippen LogP contribution in [-0.4, -0.2) is 22.9 Å². The molecule has 3 nitrogen and oxygen atoms in total. The highest BCUT2D eigenvalue weighted by Gasteiger charge is 2.17. The summed E-state index contributed by atoms with van der Waals surface area (Å²) in [5.41, 5.74) is 1.24. The third kappa shape index (κ3) is 2.30. The summed E-state index contributed by atoms with van der Waals surface area (Å²) in [5.74, 6) is 0. The SMILES string of the molecule is Cc1c(Br)cnn1C1CCNCC1.Cl. The summed E-state index contributed by atoms with van der Waals surface area (Å²) in [6.07, 6.45) is 4.27. The number of aromatic nitrogens is 2. The lowest BCUT2D eigenvalue weighted by molar-refractivity contribution is 0.338. The van der Waals surface area contributed by atoms with Crippen LogP contribution in [0, 0.1) is 6.92 Å². The largest absolute Gasteiger partial charge is 0.317 e. The van der Waals surface area contributed by atoms with Crippen molar-refractivity contribution in [3.05, 3.63) is 16.4 Å². The Morgan fingerprint density at radius 3 is 2.64 bits per heavy atom. The molecule has 1 aliphatic rings. The summed E-state index contributed by atoms with van der Waals surface area (Å²) < 4.78 is 3.26. The minimum Gasteiger partial charge on any atom is -0.317 e. The van der Waals surface area contributed by atoms with Gasteiger partial charge in [-0.25, -0.2) is 0 Å². The van der Waals surface area contributed by atoms with Crippen molar-refractivity contribution in [3.63, 3.8) is 0 Å². The minimum absolute atomic E-state index is 0. The van der Waals surface area contributed by atoms with Crippen molar-refractivity contribution >= 4 is 28.3 Å². The summed E-state index contributed by atoms with van der Waals surface area (Å²) in [5, 5.41) is 7.74. The number of piperidine rings is 1. The Labute approximate surface area is 98.8 Å². The van der Waals surface area contributed by atoms with E-state index in [0.717, 1.165) is 17.6 Å². The Kier molecular flexibility index (Phi) is 4.41. The van der Waals surface area contributed by atoms with Gasteiger partial charge in [-0.3, -0.25) is 4.68 Å². The Hall–Kier alpha value is -0.0600. The number of halogens is 2. The van der Waals surface area contributed by atoms with Gasteiger partial charge in [0.25, 0.3) is 0 Å². The van der Waals surface area contributed by atoms with E-state index >= 15 is 0 Å². The molecule has 1 aromatic rings. The van der Waals surface area contributed by atoms with E-state index in [4.69, 9.17) is 0 Å². The fourth-order valence-electron chi connectivity index (χ4n) is 1.82. The molecule has 2 rings (SSSR count). The zero-order valence-electron chi connectivity index (χ0n) is 8.16. The highest BCUT2D eigenvalue weighted by molar-refractivity contribution is 9.10. The average molecular weight is 281 g/mol. The lowest BCUT2D eigenvalue weighted by Gasteiger charge is -2.24. The van der Waals surface area contributed by atoms with Crippen LogP contribution in [0.2, 0.25) is 0 Å². The molecule has 0 bridgehead atoms. The van der Waals surface area contributed by atoms with Gasteiger partial charge in [0.15, 0.2) is 0 Å². The topological polar surface area (TPSA) is 29.9 Å². The van der Waals surface area contributed by atoms with Gasteiger partial charge < -0.3 is 5.32 Å².